The van der Waals surface area contributed by atoms with Gasteiger partial charge in [-0.25, -0.2) is 0 Å². The van der Waals surface area contributed by atoms with Crippen molar-refractivity contribution in [2.24, 2.45) is 0 Å². The molecule has 0 heterocycles. The lowest BCUT2D eigenvalue weighted by Gasteiger charge is -2.11. The molecule has 0 saturated heterocycles. The van der Waals surface area contributed by atoms with Crippen molar-refractivity contribution in [3.05, 3.63) is 24.3 Å². The van der Waals surface area contributed by atoms with Crippen molar-refractivity contribution in [3.8, 4) is 5.75 Å². The first-order valence-corrected chi connectivity index (χ1v) is 7.22. The summed E-state index contributed by atoms with van der Waals surface area (Å²) in [6.45, 7) is 1.89. The van der Waals surface area contributed by atoms with E-state index in [4.69, 9.17) is 12.2 Å². The molecular weight excluding hydrogens is 349 g/mol. The Bertz CT molecular complexity index is 591. The average molecular weight is 364 g/mol. The van der Waals surface area contributed by atoms with Crippen LogP contribution in [-0.4, -0.2) is 30.0 Å². The Kier molecular flexibility index (Phi) is 7.43. The Balaban J connectivity index is 2.42. The number of amides is 1. The molecule has 0 radical (unpaired) electrons. The first-order chi connectivity index (χ1) is 11.2. The molecule has 0 aliphatic rings. The summed E-state index contributed by atoms with van der Waals surface area (Å²) in [6, 6.07) is 4.80. The number of anilines is 1. The lowest BCUT2D eigenvalue weighted by Crippen LogP contribution is -2.34. The summed E-state index contributed by atoms with van der Waals surface area (Å²) < 4.78 is 44.5. The minimum absolute atomic E-state index is 0.0478. The van der Waals surface area contributed by atoms with Gasteiger partial charge >= 0.3 is 12.3 Å². The molecular formula is C14H15F3N2O4S. The maximum atomic E-state index is 12.0. The second-order valence-electron chi connectivity index (χ2n) is 4.38. The molecule has 0 aliphatic carbocycles. The van der Waals surface area contributed by atoms with Crippen molar-refractivity contribution in [2.45, 2.75) is 26.1 Å². The van der Waals surface area contributed by atoms with Crippen LogP contribution in [0.2, 0.25) is 0 Å². The van der Waals surface area contributed by atoms with Crippen molar-refractivity contribution < 1.29 is 32.2 Å². The van der Waals surface area contributed by atoms with Crippen LogP contribution in [0, 0.1) is 0 Å². The molecule has 0 aliphatic heterocycles. The third kappa shape index (κ3) is 8.32. The Morgan fingerprint density at radius 3 is 2.33 bits per heavy atom. The smallest absolute Gasteiger partial charge is 0.466 e. The van der Waals surface area contributed by atoms with Crippen LogP contribution in [-0.2, 0) is 14.3 Å². The van der Waals surface area contributed by atoms with Crippen LogP contribution in [0.3, 0.4) is 0 Å². The van der Waals surface area contributed by atoms with Gasteiger partial charge < -0.3 is 20.1 Å². The minimum Gasteiger partial charge on any atom is -0.466 e. The zero-order valence-corrected chi connectivity index (χ0v) is 13.4. The number of nitrogens with one attached hydrogen (secondary N) is 2. The zero-order valence-electron chi connectivity index (χ0n) is 12.6. The Labute approximate surface area is 141 Å². The first kappa shape index (κ1) is 19.7. The molecule has 0 spiro atoms. The summed E-state index contributed by atoms with van der Waals surface area (Å²) in [4.78, 5) is 22.7. The van der Waals surface area contributed by atoms with Crippen LogP contribution in [0.4, 0.5) is 18.9 Å². The monoisotopic (exact) mass is 364 g/mol. The van der Waals surface area contributed by atoms with Gasteiger partial charge in [0.25, 0.3) is 0 Å². The molecule has 1 rings (SSSR count). The fraction of sp³-hybridized carbons (Fsp3) is 0.357. The predicted octanol–water partition coefficient (Wildman–Crippen LogP) is 2.74. The van der Waals surface area contributed by atoms with Crippen molar-refractivity contribution in [1.29, 1.82) is 0 Å². The van der Waals surface area contributed by atoms with Crippen LogP contribution >= 0.6 is 12.2 Å². The van der Waals surface area contributed by atoms with Crippen molar-refractivity contribution in [1.82, 2.24) is 5.32 Å². The summed E-state index contributed by atoms with van der Waals surface area (Å²) >= 11 is 4.89. The van der Waals surface area contributed by atoms with Crippen LogP contribution in [0.15, 0.2) is 24.3 Å². The highest BCUT2D eigenvalue weighted by Crippen LogP contribution is 2.23. The molecule has 24 heavy (non-hydrogen) atoms. The normalized spacial score (nSPS) is 10.7. The maximum Gasteiger partial charge on any atom is 0.573 e. The molecule has 0 saturated carbocycles. The van der Waals surface area contributed by atoms with Gasteiger partial charge in [-0.15, -0.1) is 13.2 Å². The lowest BCUT2D eigenvalue weighted by atomic mass is 10.3. The van der Waals surface area contributed by atoms with E-state index in [9.17, 15) is 22.8 Å². The standard InChI is InChI=1S/C14H15F3N2O4S/c1-2-22-12(21)8-7-11(20)19-13(24)18-9-3-5-10(6-4-9)23-14(15,16)17/h3-6H,2,7-8H2,1H3,(H2,18,19,20,24). The topological polar surface area (TPSA) is 76.7 Å². The van der Waals surface area contributed by atoms with Crippen LogP contribution in [0.5, 0.6) is 5.75 Å². The highest BCUT2D eigenvalue weighted by Gasteiger charge is 2.30. The van der Waals surface area contributed by atoms with E-state index in [1.165, 1.54) is 12.1 Å². The average Bonchev–Trinajstić information content (AvgIpc) is 2.46. The Morgan fingerprint density at radius 1 is 1.17 bits per heavy atom. The lowest BCUT2D eigenvalue weighted by molar-refractivity contribution is -0.274. The highest BCUT2D eigenvalue weighted by molar-refractivity contribution is 7.80. The molecule has 0 fully saturated rings. The Morgan fingerprint density at radius 2 is 1.79 bits per heavy atom. The molecule has 10 heteroatoms. The van der Waals surface area contributed by atoms with E-state index in [0.29, 0.717) is 5.69 Å². The van der Waals surface area contributed by atoms with E-state index in [1.54, 1.807) is 6.92 Å². The summed E-state index contributed by atoms with van der Waals surface area (Å²) in [5, 5.41) is 4.92. The summed E-state index contributed by atoms with van der Waals surface area (Å²) in [6.07, 6.45) is -4.94. The van der Waals surface area contributed by atoms with Gasteiger partial charge in [0.2, 0.25) is 5.91 Å². The Hall–Kier alpha value is -2.36. The SMILES string of the molecule is CCOC(=O)CCC(=O)NC(=S)Nc1ccc(OC(F)(F)F)cc1. The minimum atomic E-state index is -4.77. The second-order valence-corrected chi connectivity index (χ2v) is 4.79. The van der Waals surface area contributed by atoms with Crippen LogP contribution in [0.25, 0.3) is 0 Å². The number of hydrogen-bond acceptors (Lipinski definition) is 5. The largest absolute Gasteiger partial charge is 0.573 e. The van der Waals surface area contributed by atoms with E-state index < -0.39 is 18.2 Å². The molecule has 2 N–H and O–H groups in total. The molecule has 0 unspecified atom stereocenters. The molecule has 1 aromatic rings. The summed E-state index contributed by atoms with van der Waals surface area (Å²) in [5.74, 6) is -1.36. The van der Waals surface area contributed by atoms with E-state index >= 15 is 0 Å². The number of halogens is 3. The van der Waals surface area contributed by atoms with E-state index in [-0.39, 0.29) is 30.3 Å². The van der Waals surface area contributed by atoms with E-state index in [0.717, 1.165) is 12.1 Å². The van der Waals surface area contributed by atoms with E-state index in [2.05, 4.69) is 20.1 Å². The van der Waals surface area contributed by atoms with Crippen LogP contribution in [0.1, 0.15) is 19.8 Å². The number of rotatable bonds is 6. The third-order valence-electron chi connectivity index (χ3n) is 2.46. The summed E-state index contributed by atoms with van der Waals surface area (Å²) in [7, 11) is 0. The second kappa shape index (κ2) is 9.06. The summed E-state index contributed by atoms with van der Waals surface area (Å²) in [5.41, 5.74) is 0.361. The van der Waals surface area contributed by atoms with Crippen molar-refractivity contribution in [3.63, 3.8) is 0 Å². The third-order valence-corrected chi connectivity index (χ3v) is 2.66. The van der Waals surface area contributed by atoms with Gasteiger partial charge in [-0.2, -0.15) is 0 Å². The van der Waals surface area contributed by atoms with Crippen molar-refractivity contribution >= 4 is 34.9 Å². The number of carbonyl (C=O) groups is 2. The quantitative estimate of drug-likeness (QED) is 0.597. The fourth-order valence-corrected chi connectivity index (χ4v) is 1.77. The van der Waals surface area contributed by atoms with Gasteiger partial charge in [0, 0.05) is 12.1 Å². The van der Waals surface area contributed by atoms with E-state index in [1.807, 2.05) is 0 Å². The van der Waals surface area contributed by atoms with Gasteiger partial charge in [-0.05, 0) is 43.4 Å². The fourth-order valence-electron chi connectivity index (χ4n) is 1.54. The molecule has 0 bridgehead atoms. The number of benzene rings is 1. The van der Waals surface area contributed by atoms with Gasteiger partial charge in [0.05, 0.1) is 13.0 Å². The molecule has 0 atom stereocenters. The molecule has 6 nitrogen and oxygen atoms in total. The van der Waals surface area contributed by atoms with Gasteiger partial charge in [-0.1, -0.05) is 0 Å². The maximum absolute atomic E-state index is 12.0. The number of alkyl halides is 3. The predicted molar refractivity (Wildman–Crippen MR) is 83.4 cm³/mol. The molecule has 0 aromatic heterocycles. The number of thiocarbonyl (C=S) groups is 1. The molecule has 1 aromatic carbocycles. The van der Waals surface area contributed by atoms with Crippen LogP contribution < -0.4 is 15.4 Å². The molecule has 1 amide bonds. The zero-order chi connectivity index (χ0) is 18.2. The first-order valence-electron chi connectivity index (χ1n) is 6.82. The number of hydrogen-bond donors (Lipinski definition) is 2. The van der Waals surface area contributed by atoms with Crippen molar-refractivity contribution in [2.75, 3.05) is 11.9 Å². The number of carbonyl (C=O) groups excluding carboxylic acids is 2. The van der Waals surface area contributed by atoms with Gasteiger partial charge in [0.1, 0.15) is 5.75 Å². The highest BCUT2D eigenvalue weighted by atomic mass is 32.1. The van der Waals surface area contributed by atoms with Gasteiger partial charge in [0.15, 0.2) is 5.11 Å². The number of esters is 1. The van der Waals surface area contributed by atoms with Gasteiger partial charge in [-0.3, -0.25) is 9.59 Å². The molecule has 132 valence electrons. The number of ether oxygens (including phenoxy) is 2.